The maximum Gasteiger partial charge on any atom is 0.277 e. The number of nitriles is 1. The predicted octanol–water partition coefficient (Wildman–Crippen LogP) is 3.52. The van der Waals surface area contributed by atoms with Crippen LogP contribution in [0.25, 0.3) is 0 Å². The molecule has 2 aromatic rings. The maximum absolute atomic E-state index is 11.9. The van der Waals surface area contributed by atoms with Crippen LogP contribution in [0.2, 0.25) is 5.02 Å². The molecule has 0 atom stereocenters. The van der Waals surface area contributed by atoms with Crippen LogP contribution in [0.1, 0.15) is 24.5 Å². The number of ether oxygens (including phenoxy) is 1. The first-order valence-electron chi connectivity index (χ1n) is 7.37. The Morgan fingerprint density at radius 1 is 1.25 bits per heavy atom. The first-order valence-corrected chi connectivity index (χ1v) is 7.75. The summed E-state index contributed by atoms with van der Waals surface area (Å²) in [5.41, 5.74) is 4.46. The number of para-hydroxylation sites is 1. The Balaban J connectivity index is 1.96. The van der Waals surface area contributed by atoms with Gasteiger partial charge < -0.3 is 4.74 Å². The monoisotopic (exact) mass is 341 g/mol. The molecule has 0 aliphatic carbocycles. The summed E-state index contributed by atoms with van der Waals surface area (Å²) in [7, 11) is 0. The Morgan fingerprint density at radius 2 is 1.96 bits per heavy atom. The molecule has 0 fully saturated rings. The molecule has 1 N–H and O–H groups in total. The van der Waals surface area contributed by atoms with E-state index in [1.807, 2.05) is 25.1 Å². The Kier molecular flexibility index (Phi) is 6.35. The van der Waals surface area contributed by atoms with Crippen molar-refractivity contribution < 1.29 is 9.53 Å². The number of carbonyl (C=O) groups is 1. The molecule has 0 radical (unpaired) electrons. The molecule has 0 aliphatic heterocycles. The van der Waals surface area contributed by atoms with Crippen LogP contribution in [0.15, 0.2) is 53.6 Å². The van der Waals surface area contributed by atoms with Gasteiger partial charge >= 0.3 is 0 Å². The van der Waals surface area contributed by atoms with Crippen molar-refractivity contribution in [3.05, 3.63) is 64.7 Å². The highest BCUT2D eigenvalue weighted by Gasteiger charge is 2.07. The molecule has 122 valence electrons. The summed E-state index contributed by atoms with van der Waals surface area (Å²) in [6.07, 6.45) is 0.653. The highest BCUT2D eigenvalue weighted by molar-refractivity contribution is 6.30. The van der Waals surface area contributed by atoms with Gasteiger partial charge in [-0.2, -0.15) is 10.4 Å². The van der Waals surface area contributed by atoms with Gasteiger partial charge in [-0.1, -0.05) is 42.8 Å². The number of nitrogens with one attached hydrogen (secondary N) is 1. The van der Waals surface area contributed by atoms with Crippen LogP contribution < -0.4 is 10.2 Å². The molecular formula is C18H16ClN3O2. The fraction of sp³-hybridized carbons (Fsp3) is 0.167. The van der Waals surface area contributed by atoms with Gasteiger partial charge in [-0.25, -0.2) is 5.43 Å². The second-order valence-corrected chi connectivity index (χ2v) is 5.29. The van der Waals surface area contributed by atoms with Crippen molar-refractivity contribution >= 4 is 23.2 Å². The SMILES string of the molecule is CC/C(=N\NC(=O)COc1ccccc1C#N)c1ccc(Cl)cc1. The highest BCUT2D eigenvalue weighted by atomic mass is 35.5. The van der Waals surface area contributed by atoms with E-state index in [1.165, 1.54) is 0 Å². The molecule has 0 saturated carbocycles. The quantitative estimate of drug-likeness (QED) is 0.645. The average molecular weight is 342 g/mol. The zero-order valence-corrected chi connectivity index (χ0v) is 13.9. The van der Waals surface area contributed by atoms with Gasteiger partial charge in [0.25, 0.3) is 5.91 Å². The summed E-state index contributed by atoms with van der Waals surface area (Å²) < 4.78 is 5.36. The standard InChI is InChI=1S/C18H16ClN3O2/c1-2-16(13-7-9-15(19)10-8-13)21-22-18(23)12-24-17-6-4-3-5-14(17)11-20/h3-10H,2,12H2,1H3,(H,22,23)/b21-16+. The van der Waals surface area contributed by atoms with Crippen molar-refractivity contribution in [1.82, 2.24) is 5.43 Å². The van der Waals surface area contributed by atoms with Crippen LogP contribution in [0.3, 0.4) is 0 Å². The minimum Gasteiger partial charge on any atom is -0.482 e. The molecular weight excluding hydrogens is 326 g/mol. The number of carbonyl (C=O) groups excluding carboxylic acids is 1. The van der Waals surface area contributed by atoms with Crippen LogP contribution in [0.4, 0.5) is 0 Å². The topological polar surface area (TPSA) is 74.5 Å². The van der Waals surface area contributed by atoms with Crippen molar-refractivity contribution in [1.29, 1.82) is 5.26 Å². The molecule has 24 heavy (non-hydrogen) atoms. The lowest BCUT2D eigenvalue weighted by molar-refractivity contribution is -0.123. The van der Waals surface area contributed by atoms with E-state index in [2.05, 4.69) is 10.5 Å². The number of halogens is 1. The lowest BCUT2D eigenvalue weighted by atomic mass is 10.1. The van der Waals surface area contributed by atoms with Gasteiger partial charge in [0.05, 0.1) is 11.3 Å². The maximum atomic E-state index is 11.9. The van der Waals surface area contributed by atoms with Crippen molar-refractivity contribution in [2.45, 2.75) is 13.3 Å². The molecule has 5 nitrogen and oxygen atoms in total. The van der Waals surface area contributed by atoms with Crippen molar-refractivity contribution in [3.63, 3.8) is 0 Å². The summed E-state index contributed by atoms with van der Waals surface area (Å²) >= 11 is 5.86. The minimum atomic E-state index is -0.400. The van der Waals surface area contributed by atoms with E-state index in [0.717, 1.165) is 11.3 Å². The number of nitrogens with zero attached hydrogens (tertiary/aromatic N) is 2. The number of rotatable bonds is 6. The van der Waals surface area contributed by atoms with E-state index < -0.39 is 5.91 Å². The predicted molar refractivity (Wildman–Crippen MR) is 93.1 cm³/mol. The molecule has 0 bridgehead atoms. The van der Waals surface area contributed by atoms with Crippen LogP contribution >= 0.6 is 11.6 Å². The Bertz CT molecular complexity index is 780. The second-order valence-electron chi connectivity index (χ2n) is 4.85. The summed E-state index contributed by atoms with van der Waals surface area (Å²) in [6.45, 7) is 1.72. The van der Waals surface area contributed by atoms with Gasteiger partial charge in [0.15, 0.2) is 6.61 Å². The molecule has 6 heteroatoms. The van der Waals surface area contributed by atoms with Gasteiger partial charge in [0.2, 0.25) is 0 Å². The minimum absolute atomic E-state index is 0.222. The molecule has 2 rings (SSSR count). The third kappa shape index (κ3) is 4.83. The van der Waals surface area contributed by atoms with E-state index in [-0.39, 0.29) is 6.61 Å². The smallest absolute Gasteiger partial charge is 0.277 e. The van der Waals surface area contributed by atoms with Gasteiger partial charge in [-0.3, -0.25) is 4.79 Å². The van der Waals surface area contributed by atoms with Gasteiger partial charge in [0, 0.05) is 5.02 Å². The fourth-order valence-corrected chi connectivity index (χ4v) is 2.11. The Labute approximate surface area is 145 Å². The summed E-state index contributed by atoms with van der Waals surface area (Å²) in [5, 5.41) is 13.7. The van der Waals surface area contributed by atoms with E-state index in [4.69, 9.17) is 21.6 Å². The first-order chi connectivity index (χ1) is 11.6. The molecule has 0 spiro atoms. The van der Waals surface area contributed by atoms with Gasteiger partial charge in [0.1, 0.15) is 11.8 Å². The number of hydrogen-bond acceptors (Lipinski definition) is 4. The number of amides is 1. The zero-order valence-electron chi connectivity index (χ0n) is 13.1. The second kappa shape index (κ2) is 8.70. The Morgan fingerprint density at radius 3 is 2.62 bits per heavy atom. The van der Waals surface area contributed by atoms with E-state index in [9.17, 15) is 4.79 Å². The largest absolute Gasteiger partial charge is 0.482 e. The third-order valence-corrected chi connectivity index (χ3v) is 3.45. The van der Waals surface area contributed by atoms with E-state index in [0.29, 0.717) is 22.8 Å². The average Bonchev–Trinajstić information content (AvgIpc) is 2.62. The fourth-order valence-electron chi connectivity index (χ4n) is 1.98. The normalized spacial score (nSPS) is 10.8. The molecule has 0 aromatic heterocycles. The van der Waals surface area contributed by atoms with Crippen molar-refractivity contribution in [2.24, 2.45) is 5.10 Å². The number of benzene rings is 2. The summed E-state index contributed by atoms with van der Waals surface area (Å²) in [6, 6.07) is 16.0. The lowest BCUT2D eigenvalue weighted by Gasteiger charge is -2.08. The zero-order chi connectivity index (χ0) is 17.4. The summed E-state index contributed by atoms with van der Waals surface area (Å²) in [5.74, 6) is -0.0322. The van der Waals surface area contributed by atoms with E-state index in [1.54, 1.807) is 36.4 Å². The molecule has 2 aromatic carbocycles. The van der Waals surface area contributed by atoms with E-state index >= 15 is 0 Å². The van der Waals surface area contributed by atoms with Gasteiger partial charge in [-0.05, 0) is 36.2 Å². The van der Waals surface area contributed by atoms with Crippen LogP contribution in [0, 0.1) is 11.3 Å². The van der Waals surface area contributed by atoms with Crippen molar-refractivity contribution in [2.75, 3.05) is 6.61 Å². The summed E-state index contributed by atoms with van der Waals surface area (Å²) in [4.78, 5) is 11.9. The van der Waals surface area contributed by atoms with Crippen LogP contribution in [0.5, 0.6) is 5.75 Å². The van der Waals surface area contributed by atoms with Crippen LogP contribution in [-0.2, 0) is 4.79 Å². The molecule has 0 saturated heterocycles. The lowest BCUT2D eigenvalue weighted by Crippen LogP contribution is -2.26. The molecule has 0 unspecified atom stereocenters. The molecule has 0 aliphatic rings. The van der Waals surface area contributed by atoms with Crippen LogP contribution in [-0.4, -0.2) is 18.2 Å². The molecule has 1 amide bonds. The third-order valence-electron chi connectivity index (χ3n) is 3.19. The van der Waals surface area contributed by atoms with Crippen molar-refractivity contribution in [3.8, 4) is 11.8 Å². The number of hydrogen-bond donors (Lipinski definition) is 1. The highest BCUT2D eigenvalue weighted by Crippen LogP contribution is 2.16. The Hall–Kier alpha value is -2.84. The van der Waals surface area contributed by atoms with Gasteiger partial charge in [-0.15, -0.1) is 0 Å². The first kappa shape index (κ1) is 17.5. The molecule has 0 heterocycles. The number of hydrazone groups is 1.